The van der Waals surface area contributed by atoms with E-state index in [1.165, 1.54) is 7.11 Å². The fourth-order valence-electron chi connectivity index (χ4n) is 2.48. The maximum absolute atomic E-state index is 14.0. The molecule has 0 aliphatic carbocycles. The normalized spacial score (nSPS) is 10.7. The van der Waals surface area contributed by atoms with Gasteiger partial charge in [-0.25, -0.2) is 8.78 Å². The topological polar surface area (TPSA) is 56.8 Å². The Balaban J connectivity index is 2.07. The van der Waals surface area contributed by atoms with E-state index in [1.54, 1.807) is 18.2 Å². The van der Waals surface area contributed by atoms with Crippen LogP contribution in [0.3, 0.4) is 0 Å². The molecule has 0 fully saturated rings. The van der Waals surface area contributed by atoms with Gasteiger partial charge in [0.25, 0.3) is 5.91 Å². The summed E-state index contributed by atoms with van der Waals surface area (Å²) in [7, 11) is 1.47. The molecule has 29 heavy (non-hydrogen) atoms. The third-order valence-electron chi connectivity index (χ3n) is 3.90. The molecule has 0 unspecified atom stereocenters. The van der Waals surface area contributed by atoms with Crippen LogP contribution in [0.25, 0.3) is 0 Å². The largest absolute Gasteiger partial charge is 0.493 e. The predicted molar refractivity (Wildman–Crippen MR) is 97.6 cm³/mol. The van der Waals surface area contributed by atoms with Crippen LogP contribution in [0.5, 0.6) is 17.2 Å². The maximum Gasteiger partial charge on any atom is 0.387 e. The van der Waals surface area contributed by atoms with Crippen molar-refractivity contribution in [3.05, 3.63) is 53.1 Å². The number of ether oxygens (including phenoxy) is 3. The number of nitrogens with one attached hydrogen (secondary N) is 1. The van der Waals surface area contributed by atoms with Gasteiger partial charge in [0.2, 0.25) is 0 Å². The number of alkyl halides is 2. The second-order valence-electron chi connectivity index (χ2n) is 6.01. The van der Waals surface area contributed by atoms with Gasteiger partial charge in [0.15, 0.2) is 11.5 Å². The molecule has 2 aromatic carbocycles. The van der Waals surface area contributed by atoms with Crippen LogP contribution in [-0.2, 0) is 6.54 Å². The van der Waals surface area contributed by atoms with Crippen LogP contribution < -0.4 is 19.5 Å². The first kappa shape index (κ1) is 22.3. The van der Waals surface area contributed by atoms with Gasteiger partial charge in [-0.1, -0.05) is 19.4 Å². The van der Waals surface area contributed by atoms with E-state index >= 15 is 0 Å². The highest BCUT2D eigenvalue weighted by Crippen LogP contribution is 2.28. The van der Waals surface area contributed by atoms with E-state index < -0.39 is 35.5 Å². The Labute approximate surface area is 165 Å². The zero-order valence-electron chi connectivity index (χ0n) is 15.9. The molecule has 0 spiro atoms. The Bertz CT molecular complexity index is 822. The van der Waals surface area contributed by atoms with Crippen molar-refractivity contribution in [3.8, 4) is 17.2 Å². The van der Waals surface area contributed by atoms with E-state index in [2.05, 4.69) is 10.1 Å². The first-order valence-corrected chi connectivity index (χ1v) is 8.87. The van der Waals surface area contributed by atoms with E-state index in [1.807, 2.05) is 6.92 Å². The van der Waals surface area contributed by atoms with E-state index in [0.29, 0.717) is 35.8 Å². The summed E-state index contributed by atoms with van der Waals surface area (Å²) in [5.41, 5.74) is -0.283. The molecule has 0 aromatic heterocycles. The summed E-state index contributed by atoms with van der Waals surface area (Å²) in [5, 5.41) is 2.38. The van der Waals surface area contributed by atoms with Crippen molar-refractivity contribution in [3.63, 3.8) is 0 Å². The molecule has 2 rings (SSSR count). The molecule has 1 N–H and O–H groups in total. The average Bonchev–Trinajstić information content (AvgIpc) is 2.66. The molecule has 0 heterocycles. The van der Waals surface area contributed by atoms with Crippen molar-refractivity contribution in [2.24, 2.45) is 0 Å². The van der Waals surface area contributed by atoms with Crippen LogP contribution >= 0.6 is 0 Å². The minimum absolute atomic E-state index is 0.0431. The summed E-state index contributed by atoms with van der Waals surface area (Å²) < 4.78 is 67.1. The van der Waals surface area contributed by atoms with Crippen LogP contribution in [-0.4, -0.2) is 26.2 Å². The molecule has 5 nitrogen and oxygen atoms in total. The van der Waals surface area contributed by atoms with Crippen molar-refractivity contribution in [2.75, 3.05) is 13.7 Å². The smallest absolute Gasteiger partial charge is 0.387 e. The molecule has 0 bridgehead atoms. The fraction of sp³-hybridized carbons (Fsp3) is 0.350. The van der Waals surface area contributed by atoms with E-state index in [0.717, 1.165) is 12.8 Å². The van der Waals surface area contributed by atoms with E-state index in [-0.39, 0.29) is 6.54 Å². The highest BCUT2D eigenvalue weighted by molar-refractivity contribution is 5.94. The van der Waals surface area contributed by atoms with Crippen LogP contribution in [0.1, 0.15) is 35.7 Å². The molecule has 2 aromatic rings. The quantitative estimate of drug-likeness (QED) is 0.452. The zero-order chi connectivity index (χ0) is 21.4. The van der Waals surface area contributed by atoms with Gasteiger partial charge in [-0.05, 0) is 24.1 Å². The van der Waals surface area contributed by atoms with Crippen LogP contribution in [0, 0.1) is 11.6 Å². The lowest BCUT2D eigenvalue weighted by molar-refractivity contribution is -0.0501. The van der Waals surface area contributed by atoms with Gasteiger partial charge < -0.3 is 19.5 Å². The van der Waals surface area contributed by atoms with Crippen LogP contribution in [0.2, 0.25) is 0 Å². The number of methoxy groups -OCH3 is 1. The summed E-state index contributed by atoms with van der Waals surface area (Å²) in [6.45, 7) is -0.708. The summed E-state index contributed by atoms with van der Waals surface area (Å²) in [6.07, 6.45) is 1.87. The average molecular weight is 415 g/mol. The molecule has 0 saturated heterocycles. The van der Waals surface area contributed by atoms with Crippen molar-refractivity contribution >= 4 is 5.91 Å². The Kier molecular flexibility index (Phi) is 8.11. The minimum Gasteiger partial charge on any atom is -0.493 e. The Morgan fingerprint density at radius 3 is 2.38 bits per heavy atom. The first-order valence-electron chi connectivity index (χ1n) is 8.87. The standard InChI is InChI=1S/C20H21F4NO4/c1-3-4-7-28-16-6-5-12(8-17(16)27-2)11-25-19(26)18-14(21)9-13(10-15(18)22)29-20(23)24/h5-6,8-10,20H,3-4,7,11H2,1-2H3,(H,25,26). The summed E-state index contributed by atoms with van der Waals surface area (Å²) in [5.74, 6) is -3.37. The highest BCUT2D eigenvalue weighted by atomic mass is 19.3. The number of benzene rings is 2. The molecule has 0 radical (unpaired) electrons. The van der Waals surface area contributed by atoms with Gasteiger partial charge in [-0.3, -0.25) is 4.79 Å². The summed E-state index contributed by atoms with van der Waals surface area (Å²) in [4.78, 5) is 12.2. The van der Waals surface area contributed by atoms with Gasteiger partial charge in [-0.2, -0.15) is 8.78 Å². The molecule has 158 valence electrons. The second-order valence-corrected chi connectivity index (χ2v) is 6.01. The summed E-state index contributed by atoms with van der Waals surface area (Å²) in [6, 6.07) is 6.03. The van der Waals surface area contributed by atoms with Gasteiger partial charge in [0.1, 0.15) is 22.9 Å². The molecule has 1 amide bonds. The van der Waals surface area contributed by atoms with Gasteiger partial charge >= 0.3 is 6.61 Å². The van der Waals surface area contributed by atoms with Gasteiger partial charge in [0, 0.05) is 18.7 Å². The third kappa shape index (κ3) is 6.27. The third-order valence-corrected chi connectivity index (χ3v) is 3.90. The predicted octanol–water partition coefficient (Wildman–Crippen LogP) is 4.68. The lowest BCUT2D eigenvalue weighted by Crippen LogP contribution is -2.25. The number of carbonyl (C=O) groups is 1. The number of rotatable bonds is 10. The molecular weight excluding hydrogens is 394 g/mol. The minimum atomic E-state index is -3.24. The first-order chi connectivity index (χ1) is 13.8. The summed E-state index contributed by atoms with van der Waals surface area (Å²) >= 11 is 0. The van der Waals surface area contributed by atoms with Crippen molar-refractivity contribution in [1.82, 2.24) is 5.32 Å². The molecule has 0 atom stereocenters. The van der Waals surface area contributed by atoms with E-state index in [9.17, 15) is 22.4 Å². The fourth-order valence-corrected chi connectivity index (χ4v) is 2.48. The lowest BCUT2D eigenvalue weighted by Gasteiger charge is -2.13. The number of carbonyl (C=O) groups excluding carboxylic acids is 1. The monoisotopic (exact) mass is 415 g/mol. The molecule has 9 heteroatoms. The number of amides is 1. The number of halogens is 4. The Morgan fingerprint density at radius 1 is 1.10 bits per heavy atom. The Morgan fingerprint density at radius 2 is 1.79 bits per heavy atom. The molecule has 0 saturated carbocycles. The number of unbranched alkanes of at least 4 members (excludes halogenated alkanes) is 1. The number of hydrogen-bond acceptors (Lipinski definition) is 4. The van der Waals surface area contributed by atoms with E-state index in [4.69, 9.17) is 9.47 Å². The molecule has 0 aliphatic heterocycles. The van der Waals surface area contributed by atoms with Crippen molar-refractivity contribution < 1.29 is 36.6 Å². The SMILES string of the molecule is CCCCOc1ccc(CNC(=O)c2c(F)cc(OC(F)F)cc2F)cc1OC. The van der Waals surface area contributed by atoms with Gasteiger partial charge in [-0.15, -0.1) is 0 Å². The zero-order valence-corrected chi connectivity index (χ0v) is 15.9. The number of hydrogen-bond donors (Lipinski definition) is 1. The second kappa shape index (κ2) is 10.5. The molecular formula is C20H21F4NO4. The van der Waals surface area contributed by atoms with Crippen molar-refractivity contribution in [2.45, 2.75) is 32.9 Å². The van der Waals surface area contributed by atoms with Crippen molar-refractivity contribution in [1.29, 1.82) is 0 Å². The van der Waals surface area contributed by atoms with Gasteiger partial charge in [0.05, 0.1) is 13.7 Å². The van der Waals surface area contributed by atoms with Crippen LogP contribution in [0.4, 0.5) is 17.6 Å². The Hall–Kier alpha value is -2.97. The molecule has 0 aliphatic rings. The maximum atomic E-state index is 14.0. The lowest BCUT2D eigenvalue weighted by atomic mass is 10.1. The van der Waals surface area contributed by atoms with Crippen LogP contribution in [0.15, 0.2) is 30.3 Å². The highest BCUT2D eigenvalue weighted by Gasteiger charge is 2.20.